The summed E-state index contributed by atoms with van der Waals surface area (Å²) in [6.07, 6.45) is -0.797. The van der Waals surface area contributed by atoms with E-state index in [-0.39, 0.29) is 0 Å². The summed E-state index contributed by atoms with van der Waals surface area (Å²) in [5, 5.41) is 19.0. The number of carboxylic acid groups (broad SMARTS) is 1. The van der Waals surface area contributed by atoms with Crippen LogP contribution in [0.1, 0.15) is 18.4 Å². The molecule has 1 aliphatic rings. The fraction of sp³-hybridized carbons (Fsp3) is 0.333. The molecule has 1 aliphatic heterocycles. The number of aromatic amines is 1. The van der Waals surface area contributed by atoms with E-state index in [2.05, 4.69) is 68.9 Å². The Hall–Kier alpha value is -3.07. The van der Waals surface area contributed by atoms with Crippen LogP contribution in [-0.2, 0) is 11.3 Å². The van der Waals surface area contributed by atoms with Gasteiger partial charge in [0.1, 0.15) is 0 Å². The molecule has 2 heterocycles. The molecular weight excluding hydrogens is 397 g/mol. The zero-order valence-corrected chi connectivity index (χ0v) is 16.2. The number of carbonyl (C=O) groups is 1. The van der Waals surface area contributed by atoms with Gasteiger partial charge < -0.3 is 15.3 Å². The first-order chi connectivity index (χ1) is 14.3. The molecule has 160 valence electrons. The highest BCUT2D eigenvalue weighted by Gasteiger charge is 2.38. The number of anilines is 1. The number of carboxylic acids is 1. The third kappa shape index (κ3) is 5.73. The number of piperidine rings is 1. The number of hydrogen-bond donors (Lipinski definition) is 3. The number of nitrogens with one attached hydrogen (secondary N) is 2. The smallest absolute Gasteiger partial charge is 0.475 e. The summed E-state index contributed by atoms with van der Waals surface area (Å²) in [5.41, 5.74) is 3.74. The van der Waals surface area contributed by atoms with Crippen LogP contribution in [0.25, 0.3) is 10.9 Å². The van der Waals surface area contributed by atoms with Crippen LogP contribution < -0.4 is 10.2 Å². The summed E-state index contributed by atoms with van der Waals surface area (Å²) >= 11 is 0. The molecular formula is C21H23F3N4O2. The molecule has 0 amide bonds. The molecule has 3 N–H and O–H groups in total. The largest absolute Gasteiger partial charge is 0.490 e. The minimum Gasteiger partial charge on any atom is -0.475 e. The minimum absolute atomic E-state index is 0.584. The second kappa shape index (κ2) is 9.62. The average molecular weight is 420 g/mol. The summed E-state index contributed by atoms with van der Waals surface area (Å²) in [6.45, 7) is 3.16. The first-order valence-corrected chi connectivity index (χ1v) is 9.59. The monoisotopic (exact) mass is 420 g/mol. The maximum absolute atomic E-state index is 10.6. The third-order valence-electron chi connectivity index (χ3n) is 4.94. The van der Waals surface area contributed by atoms with Crippen molar-refractivity contribution in [3.63, 3.8) is 0 Å². The summed E-state index contributed by atoms with van der Waals surface area (Å²) in [6, 6.07) is 17.9. The summed E-state index contributed by atoms with van der Waals surface area (Å²) < 4.78 is 31.7. The topological polar surface area (TPSA) is 81.2 Å². The van der Waals surface area contributed by atoms with Crippen LogP contribution in [0.4, 0.5) is 18.9 Å². The number of H-pyrrole nitrogens is 1. The van der Waals surface area contributed by atoms with Gasteiger partial charge in [-0.1, -0.05) is 30.3 Å². The molecule has 1 saturated heterocycles. The highest BCUT2D eigenvalue weighted by Crippen LogP contribution is 2.27. The second-order valence-corrected chi connectivity index (χ2v) is 7.04. The number of fused-ring (bicyclic) bond motifs is 1. The fourth-order valence-electron chi connectivity index (χ4n) is 3.44. The van der Waals surface area contributed by atoms with Crippen molar-refractivity contribution in [1.82, 2.24) is 15.5 Å². The van der Waals surface area contributed by atoms with Crippen LogP contribution in [0.15, 0.2) is 54.7 Å². The van der Waals surface area contributed by atoms with Gasteiger partial charge in [0.05, 0.1) is 11.7 Å². The SMILES string of the molecule is O=C(O)C(F)(F)F.c1ccc(CN(c2ccc3[nH]ncc3c2)C2CCNCC2)cc1. The first kappa shape index (κ1) is 21.6. The lowest BCUT2D eigenvalue weighted by atomic mass is 10.0. The van der Waals surface area contributed by atoms with Crippen molar-refractivity contribution >= 4 is 22.6 Å². The number of alkyl halides is 3. The average Bonchev–Trinajstić information content (AvgIpc) is 3.21. The molecule has 3 aromatic rings. The normalized spacial score (nSPS) is 14.8. The molecule has 0 bridgehead atoms. The predicted molar refractivity (Wildman–Crippen MR) is 108 cm³/mol. The van der Waals surface area contributed by atoms with E-state index < -0.39 is 12.1 Å². The van der Waals surface area contributed by atoms with Gasteiger partial charge in [-0.3, -0.25) is 5.10 Å². The van der Waals surface area contributed by atoms with Crippen LogP contribution in [0.2, 0.25) is 0 Å². The zero-order chi connectivity index (χ0) is 21.6. The van der Waals surface area contributed by atoms with Gasteiger partial charge in [0.2, 0.25) is 0 Å². The van der Waals surface area contributed by atoms with E-state index in [1.807, 2.05) is 6.20 Å². The number of benzene rings is 2. The Labute approximate surface area is 171 Å². The molecule has 0 unspecified atom stereocenters. The number of halogens is 3. The van der Waals surface area contributed by atoms with Gasteiger partial charge in [-0.15, -0.1) is 0 Å². The van der Waals surface area contributed by atoms with Gasteiger partial charge in [0.15, 0.2) is 0 Å². The number of nitrogens with zero attached hydrogens (tertiary/aromatic N) is 2. The van der Waals surface area contributed by atoms with Gasteiger partial charge in [-0.25, -0.2) is 4.79 Å². The Morgan fingerprint density at radius 3 is 2.43 bits per heavy atom. The second-order valence-electron chi connectivity index (χ2n) is 7.04. The number of rotatable bonds is 4. The van der Waals surface area contributed by atoms with Crippen molar-refractivity contribution in [2.45, 2.75) is 31.6 Å². The Kier molecular flexibility index (Phi) is 6.94. The highest BCUT2D eigenvalue weighted by atomic mass is 19.4. The quantitative estimate of drug-likeness (QED) is 0.595. The van der Waals surface area contributed by atoms with Crippen molar-refractivity contribution in [2.75, 3.05) is 18.0 Å². The van der Waals surface area contributed by atoms with Crippen LogP contribution in [-0.4, -0.2) is 46.6 Å². The molecule has 0 atom stereocenters. The lowest BCUT2D eigenvalue weighted by Crippen LogP contribution is -2.43. The molecule has 0 saturated carbocycles. The highest BCUT2D eigenvalue weighted by molar-refractivity contribution is 5.82. The van der Waals surface area contributed by atoms with E-state index in [0.717, 1.165) is 25.2 Å². The van der Waals surface area contributed by atoms with Gasteiger partial charge in [-0.2, -0.15) is 18.3 Å². The number of aromatic nitrogens is 2. The molecule has 4 rings (SSSR count). The molecule has 6 nitrogen and oxygen atoms in total. The van der Waals surface area contributed by atoms with E-state index in [4.69, 9.17) is 9.90 Å². The molecule has 30 heavy (non-hydrogen) atoms. The van der Waals surface area contributed by atoms with Gasteiger partial charge in [0.25, 0.3) is 0 Å². The minimum atomic E-state index is -5.08. The van der Waals surface area contributed by atoms with Crippen LogP contribution in [0, 0.1) is 0 Å². The number of aliphatic carboxylic acids is 1. The number of hydrogen-bond acceptors (Lipinski definition) is 4. The van der Waals surface area contributed by atoms with Gasteiger partial charge in [0, 0.05) is 23.7 Å². The van der Waals surface area contributed by atoms with Crippen molar-refractivity contribution in [3.8, 4) is 0 Å². The van der Waals surface area contributed by atoms with E-state index >= 15 is 0 Å². The molecule has 9 heteroatoms. The van der Waals surface area contributed by atoms with Gasteiger partial charge >= 0.3 is 12.1 Å². The van der Waals surface area contributed by atoms with E-state index in [0.29, 0.717) is 6.04 Å². The van der Waals surface area contributed by atoms with Crippen LogP contribution in [0.5, 0.6) is 0 Å². The summed E-state index contributed by atoms with van der Waals surface area (Å²) in [5.74, 6) is -2.76. The van der Waals surface area contributed by atoms with Crippen molar-refractivity contribution in [1.29, 1.82) is 0 Å². The van der Waals surface area contributed by atoms with Crippen molar-refractivity contribution in [3.05, 3.63) is 60.3 Å². The third-order valence-corrected chi connectivity index (χ3v) is 4.94. The van der Waals surface area contributed by atoms with E-state index in [1.165, 1.54) is 29.5 Å². The van der Waals surface area contributed by atoms with E-state index in [9.17, 15) is 13.2 Å². The van der Waals surface area contributed by atoms with Crippen LogP contribution >= 0.6 is 0 Å². The lowest BCUT2D eigenvalue weighted by molar-refractivity contribution is -0.192. The first-order valence-electron chi connectivity index (χ1n) is 9.59. The maximum Gasteiger partial charge on any atom is 0.490 e. The molecule has 0 aliphatic carbocycles. The molecule has 1 aromatic heterocycles. The Balaban J connectivity index is 0.000000318. The van der Waals surface area contributed by atoms with Crippen molar-refractivity contribution < 1.29 is 23.1 Å². The predicted octanol–water partition coefficient (Wildman–Crippen LogP) is 3.95. The summed E-state index contributed by atoms with van der Waals surface area (Å²) in [7, 11) is 0. The Bertz CT molecular complexity index is 954. The Morgan fingerprint density at radius 1 is 1.13 bits per heavy atom. The fourth-order valence-corrected chi connectivity index (χ4v) is 3.44. The molecule has 0 radical (unpaired) electrons. The Morgan fingerprint density at radius 2 is 1.80 bits per heavy atom. The van der Waals surface area contributed by atoms with Crippen molar-refractivity contribution in [2.24, 2.45) is 0 Å². The molecule has 1 fully saturated rings. The summed E-state index contributed by atoms with van der Waals surface area (Å²) in [4.78, 5) is 11.5. The lowest BCUT2D eigenvalue weighted by Gasteiger charge is -2.36. The molecule has 0 spiro atoms. The van der Waals surface area contributed by atoms with Crippen LogP contribution in [0.3, 0.4) is 0 Å². The zero-order valence-electron chi connectivity index (χ0n) is 16.2. The standard InChI is InChI=1S/C19H22N4.C2HF3O2/c1-2-4-15(5-3-1)14-23(17-8-10-20-11-9-17)18-6-7-19-16(12-18)13-21-22-19;3-2(4,5)1(6)7/h1-7,12-13,17,20H,8-11,14H2,(H,21,22);(H,6,7). The maximum atomic E-state index is 10.6. The van der Waals surface area contributed by atoms with E-state index in [1.54, 1.807) is 0 Å². The van der Waals surface area contributed by atoms with Gasteiger partial charge in [-0.05, 0) is 49.7 Å². The molecule has 2 aromatic carbocycles.